The fourth-order valence-corrected chi connectivity index (χ4v) is 5.70. The van der Waals surface area contributed by atoms with Crippen molar-refractivity contribution in [1.29, 1.82) is 0 Å². The number of likely N-dealkylation sites (tertiary alicyclic amines) is 1. The molecular weight excluding hydrogens is 482 g/mol. The van der Waals surface area contributed by atoms with Crippen molar-refractivity contribution in [2.75, 3.05) is 13.1 Å². The zero-order chi connectivity index (χ0) is 24.2. The maximum atomic E-state index is 12.8. The number of amides is 2. The SMILES string of the molecule is Cc1nc(C)c(C(=O)N2CCC(c3nc(C(=O)NCc4ccc(OC(F)F)cc4)cs3)CC2)s1. The minimum absolute atomic E-state index is 0.0366. The third kappa shape index (κ3) is 5.76. The fraction of sp³-hybridized carbons (Fsp3) is 0.391. The van der Waals surface area contributed by atoms with Gasteiger partial charge >= 0.3 is 6.61 Å². The number of ether oxygens (including phenoxy) is 1. The number of nitrogens with zero attached hydrogens (tertiary/aromatic N) is 3. The van der Waals surface area contributed by atoms with Gasteiger partial charge in [-0.2, -0.15) is 8.78 Å². The van der Waals surface area contributed by atoms with Crippen LogP contribution in [-0.2, 0) is 6.54 Å². The molecule has 7 nitrogen and oxygen atoms in total. The van der Waals surface area contributed by atoms with Crippen molar-refractivity contribution < 1.29 is 23.1 Å². The number of aromatic nitrogens is 2. The van der Waals surface area contributed by atoms with Gasteiger partial charge in [-0.25, -0.2) is 9.97 Å². The van der Waals surface area contributed by atoms with Crippen LogP contribution in [0.1, 0.15) is 60.2 Å². The summed E-state index contributed by atoms with van der Waals surface area (Å²) in [6, 6.07) is 6.11. The molecule has 0 bridgehead atoms. The second kappa shape index (κ2) is 10.6. The molecule has 1 aromatic carbocycles. The van der Waals surface area contributed by atoms with Crippen LogP contribution in [0.5, 0.6) is 5.75 Å². The molecule has 0 saturated carbocycles. The Balaban J connectivity index is 1.28. The van der Waals surface area contributed by atoms with Crippen molar-refractivity contribution in [3.05, 3.63) is 61.5 Å². The molecule has 180 valence electrons. The molecule has 1 N–H and O–H groups in total. The van der Waals surface area contributed by atoms with Gasteiger partial charge in [-0.1, -0.05) is 12.1 Å². The predicted molar refractivity (Wildman–Crippen MR) is 126 cm³/mol. The van der Waals surface area contributed by atoms with Gasteiger partial charge in [0.1, 0.15) is 16.3 Å². The quantitative estimate of drug-likeness (QED) is 0.499. The number of benzene rings is 1. The summed E-state index contributed by atoms with van der Waals surface area (Å²) in [6.07, 6.45) is 1.59. The van der Waals surface area contributed by atoms with Gasteiger partial charge in [-0.15, -0.1) is 22.7 Å². The molecule has 4 rings (SSSR count). The van der Waals surface area contributed by atoms with Crippen molar-refractivity contribution in [3.8, 4) is 5.75 Å². The largest absolute Gasteiger partial charge is 0.435 e. The second-order valence-corrected chi connectivity index (χ2v) is 10.1. The summed E-state index contributed by atoms with van der Waals surface area (Å²) >= 11 is 2.89. The van der Waals surface area contributed by atoms with Crippen LogP contribution in [0.3, 0.4) is 0 Å². The summed E-state index contributed by atoms with van der Waals surface area (Å²) in [7, 11) is 0. The molecule has 1 fully saturated rings. The summed E-state index contributed by atoms with van der Waals surface area (Å²) < 4.78 is 28.8. The molecule has 3 heterocycles. The van der Waals surface area contributed by atoms with E-state index < -0.39 is 6.61 Å². The van der Waals surface area contributed by atoms with Gasteiger partial charge in [-0.05, 0) is 44.4 Å². The van der Waals surface area contributed by atoms with Gasteiger partial charge in [0.05, 0.1) is 15.7 Å². The number of aryl methyl sites for hydroxylation is 2. The van der Waals surface area contributed by atoms with E-state index in [1.54, 1.807) is 17.5 Å². The summed E-state index contributed by atoms with van der Waals surface area (Å²) in [6.45, 7) is 2.43. The Morgan fingerprint density at radius 2 is 1.88 bits per heavy atom. The monoisotopic (exact) mass is 506 g/mol. The lowest BCUT2D eigenvalue weighted by atomic mass is 9.97. The Labute approximate surface area is 203 Å². The number of hydrogen-bond acceptors (Lipinski definition) is 7. The molecular formula is C23H24F2N4O3S2. The highest BCUT2D eigenvalue weighted by Crippen LogP contribution is 2.31. The molecule has 0 radical (unpaired) electrons. The number of rotatable bonds is 7. The lowest BCUT2D eigenvalue weighted by Crippen LogP contribution is -2.37. The summed E-state index contributed by atoms with van der Waals surface area (Å²) in [5, 5.41) is 6.33. The smallest absolute Gasteiger partial charge is 0.387 e. The van der Waals surface area contributed by atoms with Crippen molar-refractivity contribution >= 4 is 34.5 Å². The molecule has 2 aromatic heterocycles. The van der Waals surface area contributed by atoms with Crippen LogP contribution in [0.25, 0.3) is 0 Å². The number of alkyl halides is 2. The lowest BCUT2D eigenvalue weighted by Gasteiger charge is -2.30. The van der Waals surface area contributed by atoms with E-state index in [0.717, 1.165) is 34.1 Å². The van der Waals surface area contributed by atoms with E-state index in [2.05, 4.69) is 20.0 Å². The van der Waals surface area contributed by atoms with Crippen LogP contribution >= 0.6 is 22.7 Å². The van der Waals surface area contributed by atoms with E-state index in [0.29, 0.717) is 23.7 Å². The Bertz CT molecular complexity index is 1160. The van der Waals surface area contributed by atoms with E-state index in [1.807, 2.05) is 18.7 Å². The number of piperidine rings is 1. The van der Waals surface area contributed by atoms with E-state index in [9.17, 15) is 18.4 Å². The zero-order valence-corrected chi connectivity index (χ0v) is 20.3. The maximum absolute atomic E-state index is 12.8. The first-order chi connectivity index (χ1) is 16.3. The third-order valence-corrected chi connectivity index (χ3v) is 7.65. The molecule has 0 spiro atoms. The van der Waals surface area contributed by atoms with Crippen LogP contribution in [0.15, 0.2) is 29.6 Å². The van der Waals surface area contributed by atoms with Crippen molar-refractivity contribution in [3.63, 3.8) is 0 Å². The van der Waals surface area contributed by atoms with Gasteiger partial charge in [0.15, 0.2) is 0 Å². The molecule has 1 aliphatic heterocycles. The average Bonchev–Trinajstić information content (AvgIpc) is 3.44. The number of carbonyl (C=O) groups excluding carboxylic acids is 2. The third-order valence-electron chi connectivity index (χ3n) is 5.59. The van der Waals surface area contributed by atoms with Crippen LogP contribution in [-0.4, -0.2) is 46.4 Å². The Hall–Kier alpha value is -2.92. The molecule has 1 saturated heterocycles. The van der Waals surface area contributed by atoms with Crippen molar-refractivity contribution in [2.45, 2.75) is 45.8 Å². The van der Waals surface area contributed by atoms with E-state index >= 15 is 0 Å². The highest BCUT2D eigenvalue weighted by molar-refractivity contribution is 7.13. The second-order valence-electron chi connectivity index (χ2n) is 7.99. The first kappa shape index (κ1) is 24.2. The highest BCUT2D eigenvalue weighted by Gasteiger charge is 2.28. The topological polar surface area (TPSA) is 84.4 Å². The van der Waals surface area contributed by atoms with Gasteiger partial charge in [0.25, 0.3) is 11.8 Å². The Morgan fingerprint density at radius 3 is 2.50 bits per heavy atom. The van der Waals surface area contributed by atoms with Gasteiger partial charge in [0.2, 0.25) is 0 Å². The molecule has 3 aromatic rings. The molecule has 34 heavy (non-hydrogen) atoms. The number of halogens is 2. The Kier molecular flexibility index (Phi) is 7.52. The van der Waals surface area contributed by atoms with Gasteiger partial charge in [-0.3, -0.25) is 9.59 Å². The lowest BCUT2D eigenvalue weighted by molar-refractivity contribution is -0.0498. The normalized spacial score (nSPS) is 14.4. The summed E-state index contributed by atoms with van der Waals surface area (Å²) in [5.74, 6) is 0.0233. The van der Waals surface area contributed by atoms with Crippen LogP contribution < -0.4 is 10.1 Å². The Morgan fingerprint density at radius 1 is 1.18 bits per heavy atom. The van der Waals surface area contributed by atoms with E-state index in [-0.39, 0.29) is 30.0 Å². The highest BCUT2D eigenvalue weighted by atomic mass is 32.1. The maximum Gasteiger partial charge on any atom is 0.387 e. The molecule has 1 aliphatic rings. The number of thiazole rings is 2. The van der Waals surface area contributed by atoms with E-state index in [4.69, 9.17) is 0 Å². The fourth-order valence-electron chi connectivity index (χ4n) is 3.84. The van der Waals surface area contributed by atoms with Gasteiger partial charge in [0, 0.05) is 30.9 Å². The average molecular weight is 507 g/mol. The first-order valence-corrected chi connectivity index (χ1v) is 12.5. The molecule has 2 amide bonds. The number of carbonyl (C=O) groups is 2. The number of nitrogens with one attached hydrogen (secondary N) is 1. The zero-order valence-electron chi connectivity index (χ0n) is 18.7. The summed E-state index contributed by atoms with van der Waals surface area (Å²) in [4.78, 5) is 36.8. The molecule has 0 aliphatic carbocycles. The van der Waals surface area contributed by atoms with Crippen LogP contribution in [0, 0.1) is 13.8 Å². The minimum atomic E-state index is -2.87. The van der Waals surface area contributed by atoms with Crippen LogP contribution in [0.4, 0.5) is 8.78 Å². The minimum Gasteiger partial charge on any atom is -0.435 e. The first-order valence-electron chi connectivity index (χ1n) is 10.8. The van der Waals surface area contributed by atoms with Gasteiger partial charge < -0.3 is 15.0 Å². The number of hydrogen-bond donors (Lipinski definition) is 1. The summed E-state index contributed by atoms with van der Waals surface area (Å²) in [5.41, 5.74) is 1.89. The molecule has 0 unspecified atom stereocenters. The predicted octanol–water partition coefficient (Wildman–Crippen LogP) is 4.77. The van der Waals surface area contributed by atoms with Crippen LogP contribution in [0.2, 0.25) is 0 Å². The molecule has 0 atom stereocenters. The van der Waals surface area contributed by atoms with Crippen molar-refractivity contribution in [2.24, 2.45) is 0 Å². The standard InChI is InChI=1S/C23H24F2N4O3S2/c1-13-19(34-14(2)27-13)22(31)29-9-7-16(8-10-29)21-28-18(12-33-21)20(30)26-11-15-3-5-17(6-4-15)32-23(24)25/h3-6,12,16,23H,7-11H2,1-2H3,(H,26,30). The van der Waals surface area contributed by atoms with E-state index in [1.165, 1.54) is 34.8 Å². The molecule has 11 heteroatoms. The van der Waals surface area contributed by atoms with Crippen molar-refractivity contribution in [1.82, 2.24) is 20.2 Å².